The van der Waals surface area contributed by atoms with Crippen LogP contribution in [0.15, 0.2) is 69.0 Å². The van der Waals surface area contributed by atoms with Gasteiger partial charge in [0.05, 0.1) is 0 Å². The molecule has 0 saturated carbocycles. The van der Waals surface area contributed by atoms with Gasteiger partial charge in [-0.3, -0.25) is 0 Å². The van der Waals surface area contributed by atoms with Crippen LogP contribution in [0.5, 0.6) is 0 Å². The molecule has 5 rings (SSSR count). The Bertz CT molecular complexity index is 1210. The first-order valence-corrected chi connectivity index (χ1v) is 13.9. The van der Waals surface area contributed by atoms with Crippen molar-refractivity contribution in [2.24, 2.45) is 0 Å². The van der Waals surface area contributed by atoms with Gasteiger partial charge < -0.3 is 0 Å². The Kier molecular flexibility index (Phi) is 6.37. The maximum absolute atomic E-state index is 4.64. The zero-order valence-corrected chi connectivity index (χ0v) is 21.6. The Morgan fingerprint density at radius 3 is 2.37 bits per heavy atom. The average Bonchev–Trinajstić information content (AvgIpc) is 3.38. The minimum absolute atomic E-state index is 0.581. The van der Waals surface area contributed by atoms with Gasteiger partial charge in [-0.15, -0.1) is 11.6 Å². The topological polar surface area (TPSA) is 4.93 Å². The van der Waals surface area contributed by atoms with Gasteiger partial charge in [0.2, 0.25) is 0 Å². The number of para-hydroxylation sites is 1. The van der Waals surface area contributed by atoms with Crippen LogP contribution in [0.25, 0.3) is 22.7 Å². The van der Waals surface area contributed by atoms with Crippen LogP contribution in [-0.4, -0.2) is 11.0 Å². The summed E-state index contributed by atoms with van der Waals surface area (Å²) in [6.07, 6.45) is 7.54. The summed E-state index contributed by atoms with van der Waals surface area (Å²) in [6.45, 7) is 9.16. The quantitative estimate of drug-likeness (QED) is 0.328. The van der Waals surface area contributed by atoms with Crippen molar-refractivity contribution in [2.45, 2.75) is 37.7 Å². The number of aromatic nitrogens is 1. The van der Waals surface area contributed by atoms with Crippen LogP contribution in [0.2, 0.25) is 0 Å². The summed E-state index contributed by atoms with van der Waals surface area (Å²) in [4.78, 5) is 0. The molecule has 30 heavy (non-hydrogen) atoms. The molecular formula is C27H28ClNZr. The first-order chi connectivity index (χ1) is 14.6. The molecule has 2 aromatic carbocycles. The van der Waals surface area contributed by atoms with Crippen LogP contribution in [0.1, 0.15) is 46.3 Å². The molecule has 1 unspecified atom stereocenters. The minimum atomic E-state index is -0.798. The largest absolute Gasteiger partial charge is 0.130 e. The number of benzene rings is 2. The van der Waals surface area contributed by atoms with Gasteiger partial charge in [0.15, 0.2) is 0 Å². The molecule has 0 fully saturated rings. The summed E-state index contributed by atoms with van der Waals surface area (Å²) in [7, 11) is 0. The van der Waals surface area contributed by atoms with Crippen LogP contribution in [-0.2, 0) is 23.2 Å². The molecule has 0 aliphatic heterocycles. The molecule has 3 heteroatoms. The SMILES string of the molecule is CC1=CC[C]([Zr][CH]2C(n3c(C)c(C)c4ccccc43)=Cc3ccccc32)=C1C.CCl. The van der Waals surface area contributed by atoms with E-state index in [1.807, 2.05) is 0 Å². The summed E-state index contributed by atoms with van der Waals surface area (Å²) in [5.74, 6) is 0. The predicted molar refractivity (Wildman–Crippen MR) is 128 cm³/mol. The van der Waals surface area contributed by atoms with Crippen molar-refractivity contribution < 1.29 is 23.2 Å². The number of alkyl halides is 1. The maximum atomic E-state index is 4.64. The Balaban J connectivity index is 0.00000106. The molecule has 0 amide bonds. The summed E-state index contributed by atoms with van der Waals surface area (Å²) < 4.78 is 4.90. The van der Waals surface area contributed by atoms with Gasteiger partial charge in [-0.1, -0.05) is 0 Å². The zero-order chi connectivity index (χ0) is 21.4. The molecule has 3 aromatic rings. The van der Waals surface area contributed by atoms with Crippen molar-refractivity contribution in [1.29, 1.82) is 0 Å². The first kappa shape index (κ1) is 21.6. The third-order valence-corrected chi connectivity index (χ3v) is 11.0. The molecule has 0 spiro atoms. The van der Waals surface area contributed by atoms with Gasteiger partial charge in [0.25, 0.3) is 0 Å². The van der Waals surface area contributed by atoms with E-state index in [2.05, 4.69) is 105 Å². The second-order valence-corrected chi connectivity index (χ2v) is 11.6. The second kappa shape index (κ2) is 8.85. The number of aryl methyl sites for hydroxylation is 1. The van der Waals surface area contributed by atoms with Crippen molar-refractivity contribution in [3.8, 4) is 0 Å². The molecule has 2 aliphatic rings. The molecular weight excluding hydrogens is 465 g/mol. The number of allylic oxidation sites excluding steroid dienone is 5. The van der Waals surface area contributed by atoms with Crippen LogP contribution in [0, 0.1) is 13.8 Å². The molecule has 0 N–H and O–H groups in total. The molecule has 0 bridgehead atoms. The standard InChI is InChI=1S/C19H16N.C7H9.CH3Cl.Zr/c1-13-14(2)20(19-10-6-5-9-18(13)19)17-11-15-7-3-4-8-16(15)12-17;1-6-4-3-5-7(6)2;1-2;/h3-12H,1-2H3;4H,3H2,1-2H3;1H3;. The third kappa shape index (κ3) is 3.53. The first-order valence-electron chi connectivity index (χ1n) is 10.4. The van der Waals surface area contributed by atoms with E-state index >= 15 is 0 Å². The van der Waals surface area contributed by atoms with Gasteiger partial charge in [-0.2, -0.15) is 0 Å². The number of halogens is 1. The zero-order valence-electron chi connectivity index (χ0n) is 18.4. The van der Waals surface area contributed by atoms with Crippen molar-refractivity contribution in [3.63, 3.8) is 0 Å². The van der Waals surface area contributed by atoms with Crippen LogP contribution >= 0.6 is 11.6 Å². The fraction of sp³-hybridized carbons (Fsp3) is 0.259. The van der Waals surface area contributed by atoms with E-state index in [0.717, 1.165) is 0 Å². The van der Waals surface area contributed by atoms with Gasteiger partial charge in [0, 0.05) is 6.38 Å². The van der Waals surface area contributed by atoms with Gasteiger partial charge in [-0.05, 0) is 0 Å². The number of hydrogen-bond donors (Lipinski definition) is 0. The molecule has 0 radical (unpaired) electrons. The van der Waals surface area contributed by atoms with Gasteiger partial charge in [-0.25, -0.2) is 0 Å². The maximum Gasteiger partial charge on any atom is 0.0108 e. The minimum Gasteiger partial charge on any atom is -0.130 e. The van der Waals surface area contributed by atoms with E-state index in [-0.39, 0.29) is 0 Å². The van der Waals surface area contributed by atoms with Gasteiger partial charge in [0.1, 0.15) is 0 Å². The molecule has 1 atom stereocenters. The molecule has 1 nitrogen and oxygen atoms in total. The third-order valence-electron chi connectivity index (χ3n) is 6.57. The monoisotopic (exact) mass is 491 g/mol. The van der Waals surface area contributed by atoms with Crippen molar-refractivity contribution >= 4 is 34.3 Å². The Morgan fingerprint density at radius 2 is 1.63 bits per heavy atom. The van der Waals surface area contributed by atoms with E-state index in [1.165, 1.54) is 51.8 Å². The second-order valence-electron chi connectivity index (χ2n) is 8.03. The van der Waals surface area contributed by atoms with Crippen molar-refractivity contribution in [2.75, 3.05) is 6.38 Å². The van der Waals surface area contributed by atoms with Gasteiger partial charge >= 0.3 is 180 Å². The van der Waals surface area contributed by atoms with Crippen LogP contribution < -0.4 is 0 Å². The van der Waals surface area contributed by atoms with E-state index in [4.69, 9.17) is 0 Å². The van der Waals surface area contributed by atoms with Crippen LogP contribution in [0.4, 0.5) is 0 Å². The van der Waals surface area contributed by atoms with E-state index < -0.39 is 23.2 Å². The Hall–Kier alpha value is -1.63. The number of nitrogens with zero attached hydrogens (tertiary/aromatic N) is 1. The van der Waals surface area contributed by atoms with Crippen molar-refractivity contribution in [1.82, 2.24) is 4.57 Å². The molecule has 1 heterocycles. The van der Waals surface area contributed by atoms with E-state index in [0.29, 0.717) is 3.63 Å². The average molecular weight is 493 g/mol. The molecule has 2 aliphatic carbocycles. The summed E-state index contributed by atoms with van der Waals surface area (Å²) in [5.41, 5.74) is 11.7. The number of rotatable bonds is 3. The molecule has 1 aromatic heterocycles. The summed E-state index contributed by atoms with van der Waals surface area (Å²) in [6, 6.07) is 17.9. The molecule has 0 saturated heterocycles. The van der Waals surface area contributed by atoms with E-state index in [9.17, 15) is 0 Å². The van der Waals surface area contributed by atoms with Crippen molar-refractivity contribution in [3.05, 3.63) is 91.4 Å². The van der Waals surface area contributed by atoms with Crippen LogP contribution in [0.3, 0.4) is 0 Å². The predicted octanol–water partition coefficient (Wildman–Crippen LogP) is 7.87. The fourth-order valence-corrected chi connectivity index (χ4v) is 8.98. The summed E-state index contributed by atoms with van der Waals surface area (Å²) in [5, 5.41) is 1.38. The molecule has 152 valence electrons. The smallest absolute Gasteiger partial charge is 0.0108 e. The number of fused-ring (bicyclic) bond motifs is 2. The fourth-order valence-electron chi connectivity index (χ4n) is 4.66. The number of hydrogen-bond acceptors (Lipinski definition) is 0. The summed E-state index contributed by atoms with van der Waals surface area (Å²) >= 11 is 3.84. The van der Waals surface area contributed by atoms with E-state index in [1.54, 1.807) is 14.4 Å². The normalized spacial score (nSPS) is 17.5. The Morgan fingerprint density at radius 1 is 0.933 bits per heavy atom. The Labute approximate surface area is 196 Å².